The Morgan fingerprint density at radius 1 is 1.17 bits per heavy atom. The second-order valence-electron chi connectivity index (χ2n) is 5.78. The summed E-state index contributed by atoms with van der Waals surface area (Å²) in [5.74, 6) is -0.158. The van der Waals surface area contributed by atoms with Crippen LogP contribution in [0, 0.1) is 0 Å². The fourth-order valence-corrected chi connectivity index (χ4v) is 3.08. The lowest BCUT2D eigenvalue weighted by Crippen LogP contribution is -2.14. The summed E-state index contributed by atoms with van der Waals surface area (Å²) >= 11 is 0. The Hall–Kier alpha value is -3.08. The van der Waals surface area contributed by atoms with Gasteiger partial charge in [-0.15, -0.1) is 0 Å². The largest absolute Gasteiger partial charge is 0.489 e. The highest BCUT2D eigenvalue weighted by atomic mass is 16.5. The van der Waals surface area contributed by atoms with E-state index in [1.807, 2.05) is 53.1 Å². The van der Waals surface area contributed by atoms with Gasteiger partial charge in [-0.2, -0.15) is 0 Å². The van der Waals surface area contributed by atoms with Gasteiger partial charge in [-0.05, 0) is 42.2 Å². The molecular formula is C19H16N2O3. The number of carboxylic acids is 1. The third-order valence-electron chi connectivity index (χ3n) is 4.26. The average Bonchev–Trinajstić information content (AvgIpc) is 3.05. The second-order valence-corrected chi connectivity index (χ2v) is 5.78. The van der Waals surface area contributed by atoms with E-state index in [2.05, 4.69) is 4.98 Å². The van der Waals surface area contributed by atoms with E-state index >= 15 is 0 Å². The molecule has 0 atom stereocenters. The van der Waals surface area contributed by atoms with Gasteiger partial charge in [-0.25, -0.2) is 9.78 Å². The van der Waals surface area contributed by atoms with Gasteiger partial charge in [0.25, 0.3) is 0 Å². The number of aromatic nitrogens is 2. The third-order valence-corrected chi connectivity index (χ3v) is 4.26. The number of nitrogens with zero attached hydrogens (tertiary/aromatic N) is 2. The number of hydrogen-bond acceptors (Lipinski definition) is 3. The van der Waals surface area contributed by atoms with Crippen molar-refractivity contribution in [1.29, 1.82) is 0 Å². The van der Waals surface area contributed by atoms with E-state index in [1.54, 1.807) is 6.33 Å². The van der Waals surface area contributed by atoms with E-state index in [4.69, 9.17) is 4.74 Å². The first kappa shape index (κ1) is 14.5. The summed E-state index contributed by atoms with van der Waals surface area (Å²) in [4.78, 5) is 15.3. The molecule has 1 N–H and O–H groups in total. The standard InChI is InChI=1S/C19H16N2O3/c22-19(23)18-17-8-6-14-10-15(7-9-16(14)21(17)12-20-18)24-11-13-4-2-1-3-5-13/h1-5,7,9-10,12H,6,8,11H2,(H,22,23). The molecule has 0 amide bonds. The van der Waals surface area contributed by atoms with Gasteiger partial charge < -0.3 is 14.4 Å². The molecule has 1 aromatic heterocycles. The second kappa shape index (κ2) is 5.85. The Kier molecular flexibility index (Phi) is 3.54. The van der Waals surface area contributed by atoms with Crippen molar-refractivity contribution in [2.24, 2.45) is 0 Å². The number of aromatic carboxylic acids is 1. The lowest BCUT2D eigenvalue weighted by molar-refractivity contribution is 0.0689. The van der Waals surface area contributed by atoms with Gasteiger partial charge in [-0.3, -0.25) is 0 Å². The van der Waals surface area contributed by atoms with E-state index in [9.17, 15) is 9.90 Å². The van der Waals surface area contributed by atoms with Crippen molar-refractivity contribution in [3.8, 4) is 11.4 Å². The Labute approximate surface area is 139 Å². The van der Waals surface area contributed by atoms with Crippen LogP contribution in [0.5, 0.6) is 5.75 Å². The number of imidazole rings is 1. The molecule has 4 rings (SSSR count). The Morgan fingerprint density at radius 3 is 2.79 bits per heavy atom. The van der Waals surface area contributed by atoms with Crippen molar-refractivity contribution in [2.75, 3.05) is 0 Å². The van der Waals surface area contributed by atoms with Gasteiger partial charge in [-0.1, -0.05) is 30.3 Å². The first-order valence-corrected chi connectivity index (χ1v) is 7.82. The van der Waals surface area contributed by atoms with Gasteiger partial charge >= 0.3 is 5.97 Å². The normalized spacial score (nSPS) is 12.3. The smallest absolute Gasteiger partial charge is 0.356 e. The summed E-state index contributed by atoms with van der Waals surface area (Å²) in [5, 5.41) is 9.20. The maximum Gasteiger partial charge on any atom is 0.356 e. The van der Waals surface area contributed by atoms with Crippen LogP contribution in [0.2, 0.25) is 0 Å². The molecule has 5 nitrogen and oxygen atoms in total. The highest BCUT2D eigenvalue weighted by Gasteiger charge is 2.23. The van der Waals surface area contributed by atoms with Crippen LogP contribution < -0.4 is 4.74 Å². The topological polar surface area (TPSA) is 64.3 Å². The summed E-state index contributed by atoms with van der Waals surface area (Å²) in [6.45, 7) is 0.527. The van der Waals surface area contributed by atoms with E-state index in [0.717, 1.165) is 34.7 Å². The molecule has 5 heteroatoms. The van der Waals surface area contributed by atoms with Crippen LogP contribution in [0.15, 0.2) is 54.9 Å². The zero-order valence-corrected chi connectivity index (χ0v) is 13.0. The van der Waals surface area contributed by atoms with Gasteiger partial charge in [0.05, 0.1) is 11.4 Å². The lowest BCUT2D eigenvalue weighted by atomic mass is 10.0. The molecule has 2 aromatic carbocycles. The fraction of sp³-hybridized carbons (Fsp3) is 0.158. The SMILES string of the molecule is O=C(O)c1ncn2c1CCc1cc(OCc3ccccc3)ccc1-2. The minimum atomic E-state index is -0.977. The van der Waals surface area contributed by atoms with Crippen LogP contribution in [-0.2, 0) is 19.4 Å². The fourth-order valence-electron chi connectivity index (χ4n) is 3.08. The molecular weight excluding hydrogens is 304 g/mol. The van der Waals surface area contributed by atoms with Crippen molar-refractivity contribution in [2.45, 2.75) is 19.4 Å². The number of hydrogen-bond donors (Lipinski definition) is 1. The molecule has 0 saturated heterocycles. The molecule has 0 radical (unpaired) electrons. The number of carboxylic acid groups (broad SMARTS) is 1. The molecule has 0 unspecified atom stereocenters. The lowest BCUT2D eigenvalue weighted by Gasteiger charge is -2.20. The van der Waals surface area contributed by atoms with Crippen LogP contribution in [0.25, 0.3) is 5.69 Å². The predicted molar refractivity (Wildman–Crippen MR) is 88.7 cm³/mol. The highest BCUT2D eigenvalue weighted by Crippen LogP contribution is 2.29. The number of ether oxygens (including phenoxy) is 1. The summed E-state index contributed by atoms with van der Waals surface area (Å²) in [6.07, 6.45) is 3.03. The first-order valence-electron chi connectivity index (χ1n) is 7.82. The first-order chi connectivity index (χ1) is 11.7. The maximum atomic E-state index is 11.2. The monoisotopic (exact) mass is 320 g/mol. The number of benzene rings is 2. The Bertz CT molecular complexity index is 900. The van der Waals surface area contributed by atoms with Crippen LogP contribution in [0.4, 0.5) is 0 Å². The molecule has 0 fully saturated rings. The van der Waals surface area contributed by atoms with Crippen molar-refractivity contribution >= 4 is 5.97 Å². The van der Waals surface area contributed by atoms with E-state index < -0.39 is 5.97 Å². The number of aryl methyl sites for hydroxylation is 1. The van der Waals surface area contributed by atoms with Gasteiger partial charge in [0, 0.05) is 0 Å². The molecule has 120 valence electrons. The van der Waals surface area contributed by atoms with Crippen molar-refractivity contribution in [1.82, 2.24) is 9.55 Å². The number of rotatable bonds is 4. The molecule has 1 aliphatic heterocycles. The molecule has 2 heterocycles. The average molecular weight is 320 g/mol. The Balaban J connectivity index is 1.59. The quantitative estimate of drug-likeness (QED) is 0.801. The van der Waals surface area contributed by atoms with E-state index in [1.165, 1.54) is 0 Å². The molecule has 0 bridgehead atoms. The van der Waals surface area contributed by atoms with Crippen LogP contribution in [0.1, 0.15) is 27.3 Å². The summed E-state index contributed by atoms with van der Waals surface area (Å²) < 4.78 is 7.73. The zero-order valence-electron chi connectivity index (χ0n) is 13.0. The Morgan fingerprint density at radius 2 is 2.00 bits per heavy atom. The van der Waals surface area contributed by atoms with Crippen molar-refractivity contribution in [3.05, 3.63) is 77.4 Å². The number of fused-ring (bicyclic) bond motifs is 3. The summed E-state index contributed by atoms with van der Waals surface area (Å²) in [6, 6.07) is 15.9. The molecule has 0 aliphatic carbocycles. The van der Waals surface area contributed by atoms with Gasteiger partial charge in [0.15, 0.2) is 5.69 Å². The molecule has 1 aliphatic rings. The molecule has 3 aromatic rings. The van der Waals surface area contributed by atoms with E-state index in [-0.39, 0.29) is 5.69 Å². The maximum absolute atomic E-state index is 11.2. The van der Waals surface area contributed by atoms with E-state index in [0.29, 0.717) is 13.0 Å². The summed E-state index contributed by atoms with van der Waals surface area (Å²) in [7, 11) is 0. The van der Waals surface area contributed by atoms with Crippen LogP contribution in [-0.4, -0.2) is 20.6 Å². The van der Waals surface area contributed by atoms with Gasteiger partial charge in [0.1, 0.15) is 18.7 Å². The number of carbonyl (C=O) groups is 1. The predicted octanol–water partition coefficient (Wildman–Crippen LogP) is 3.25. The molecule has 0 saturated carbocycles. The minimum Gasteiger partial charge on any atom is -0.489 e. The molecule has 0 spiro atoms. The van der Waals surface area contributed by atoms with Crippen LogP contribution >= 0.6 is 0 Å². The van der Waals surface area contributed by atoms with Crippen LogP contribution in [0.3, 0.4) is 0 Å². The van der Waals surface area contributed by atoms with Crippen molar-refractivity contribution < 1.29 is 14.6 Å². The van der Waals surface area contributed by atoms with Gasteiger partial charge in [0.2, 0.25) is 0 Å². The highest BCUT2D eigenvalue weighted by molar-refractivity contribution is 5.87. The third kappa shape index (κ3) is 2.54. The van der Waals surface area contributed by atoms with Crippen molar-refractivity contribution in [3.63, 3.8) is 0 Å². The summed E-state index contributed by atoms with van der Waals surface area (Å²) in [5.41, 5.74) is 4.14. The minimum absolute atomic E-state index is 0.144. The zero-order chi connectivity index (χ0) is 16.5. The molecule has 24 heavy (non-hydrogen) atoms.